The molecule has 1 aromatic carbocycles. The molecule has 1 unspecified atom stereocenters. The predicted octanol–water partition coefficient (Wildman–Crippen LogP) is 1.87. The lowest BCUT2D eigenvalue weighted by molar-refractivity contribution is -0.133. The number of fused-ring (bicyclic) bond motifs is 1. The van der Waals surface area contributed by atoms with Crippen LogP contribution in [0.3, 0.4) is 0 Å². The van der Waals surface area contributed by atoms with Crippen LogP contribution >= 0.6 is 0 Å². The highest BCUT2D eigenvalue weighted by Gasteiger charge is 2.26. The third kappa shape index (κ3) is 4.71. The van der Waals surface area contributed by atoms with Crippen LogP contribution in [0.25, 0.3) is 0 Å². The Morgan fingerprint density at radius 3 is 3.04 bits per heavy atom. The van der Waals surface area contributed by atoms with Crippen molar-refractivity contribution in [1.82, 2.24) is 4.90 Å². The first kappa shape index (κ1) is 19.5. The van der Waals surface area contributed by atoms with Gasteiger partial charge in [0, 0.05) is 25.4 Å². The fourth-order valence-corrected chi connectivity index (χ4v) is 4.30. The predicted molar refractivity (Wildman–Crippen MR) is 104 cm³/mol. The van der Waals surface area contributed by atoms with E-state index in [2.05, 4.69) is 16.0 Å². The van der Waals surface area contributed by atoms with Gasteiger partial charge in [-0.2, -0.15) is 8.42 Å². The van der Waals surface area contributed by atoms with E-state index in [-0.39, 0.29) is 17.7 Å². The number of hydrogen-bond acceptors (Lipinski definition) is 5. The van der Waals surface area contributed by atoms with Gasteiger partial charge >= 0.3 is 10.2 Å². The first-order valence-electron chi connectivity index (χ1n) is 9.31. The molecular weight excluding hydrogens is 368 g/mol. The summed E-state index contributed by atoms with van der Waals surface area (Å²) in [6.45, 7) is 4.01. The molecule has 3 rings (SSSR count). The average molecular weight is 394 g/mol. The third-order valence-corrected chi connectivity index (χ3v) is 5.75. The summed E-state index contributed by atoms with van der Waals surface area (Å²) in [6.07, 6.45) is 4.48. The molecule has 3 N–H and O–H groups in total. The highest BCUT2D eigenvalue weighted by Crippen LogP contribution is 2.31. The minimum Gasteiger partial charge on any atom is -0.492 e. The molecule has 27 heavy (non-hydrogen) atoms. The number of rotatable bonds is 6. The van der Waals surface area contributed by atoms with Gasteiger partial charge in [0.1, 0.15) is 5.75 Å². The van der Waals surface area contributed by atoms with Crippen LogP contribution in [0.1, 0.15) is 44.6 Å². The van der Waals surface area contributed by atoms with E-state index in [0.29, 0.717) is 36.6 Å². The highest BCUT2D eigenvalue weighted by molar-refractivity contribution is 7.91. The standard InChI is InChI=1S/C18H26N4O4S/c1-2-3-9-16(23)22-10-5-6-13(11-22)12-26-15-8-4-7-14-17(15)18(19)21-27(24,25)20-14/h4,7-8,13,20H,2-3,5-6,9-12H2,1H3,(H2,19,21). The molecule has 0 radical (unpaired) electrons. The summed E-state index contributed by atoms with van der Waals surface area (Å²) in [5, 5.41) is 0. The first-order valence-corrected chi connectivity index (χ1v) is 10.8. The summed E-state index contributed by atoms with van der Waals surface area (Å²) in [4.78, 5) is 14.2. The molecule has 2 aliphatic heterocycles. The summed E-state index contributed by atoms with van der Waals surface area (Å²) >= 11 is 0. The smallest absolute Gasteiger partial charge is 0.344 e. The van der Waals surface area contributed by atoms with E-state index in [0.717, 1.165) is 32.2 Å². The molecule has 1 saturated heterocycles. The van der Waals surface area contributed by atoms with E-state index in [1.807, 2.05) is 4.90 Å². The maximum absolute atomic E-state index is 12.3. The van der Waals surface area contributed by atoms with Crippen LogP contribution in [0.2, 0.25) is 0 Å². The van der Waals surface area contributed by atoms with Crippen molar-refractivity contribution in [2.24, 2.45) is 16.0 Å². The Morgan fingerprint density at radius 1 is 1.44 bits per heavy atom. The highest BCUT2D eigenvalue weighted by atomic mass is 32.2. The number of likely N-dealkylation sites (tertiary alicyclic amines) is 1. The number of nitrogens with one attached hydrogen (secondary N) is 1. The molecule has 0 bridgehead atoms. The van der Waals surface area contributed by atoms with Crippen LogP contribution < -0.4 is 15.2 Å². The normalized spacial score (nSPS) is 21.0. The Balaban J connectivity index is 1.65. The Hall–Kier alpha value is -2.29. The summed E-state index contributed by atoms with van der Waals surface area (Å²) in [7, 11) is -3.81. The van der Waals surface area contributed by atoms with Crippen molar-refractivity contribution in [3.05, 3.63) is 23.8 Å². The van der Waals surface area contributed by atoms with Crippen molar-refractivity contribution < 1.29 is 17.9 Å². The minimum atomic E-state index is -3.81. The molecule has 0 aromatic heterocycles. The van der Waals surface area contributed by atoms with E-state index >= 15 is 0 Å². The van der Waals surface area contributed by atoms with Gasteiger partial charge in [-0.15, -0.1) is 4.40 Å². The van der Waals surface area contributed by atoms with Crippen molar-refractivity contribution in [2.45, 2.75) is 39.0 Å². The number of anilines is 1. The van der Waals surface area contributed by atoms with Gasteiger partial charge in [-0.25, -0.2) is 0 Å². The van der Waals surface area contributed by atoms with Crippen LogP contribution in [0, 0.1) is 5.92 Å². The second-order valence-corrected chi connectivity index (χ2v) is 8.33. The van der Waals surface area contributed by atoms with E-state index in [1.165, 1.54) is 0 Å². The summed E-state index contributed by atoms with van der Waals surface area (Å²) in [5.41, 5.74) is 6.66. The zero-order valence-corrected chi connectivity index (χ0v) is 16.3. The van der Waals surface area contributed by atoms with Gasteiger partial charge in [0.2, 0.25) is 5.91 Å². The SMILES string of the molecule is CCCCC(=O)N1CCCC(COc2cccc3c2C(N)=NS(=O)(=O)N3)C1. The topological polar surface area (TPSA) is 114 Å². The Kier molecular flexibility index (Phi) is 5.88. The zero-order chi connectivity index (χ0) is 19.4. The average Bonchev–Trinajstić information content (AvgIpc) is 2.63. The van der Waals surface area contributed by atoms with Crippen LogP contribution in [-0.4, -0.2) is 44.8 Å². The van der Waals surface area contributed by atoms with Gasteiger partial charge in [-0.3, -0.25) is 9.52 Å². The summed E-state index contributed by atoms with van der Waals surface area (Å²) < 4.78 is 35.1. The third-order valence-electron chi connectivity index (χ3n) is 4.83. The zero-order valence-electron chi connectivity index (χ0n) is 15.5. The number of unbranched alkanes of at least 4 members (excludes halogenated alkanes) is 1. The minimum absolute atomic E-state index is 0.0839. The number of hydrogen-bond donors (Lipinski definition) is 2. The van der Waals surface area contributed by atoms with E-state index < -0.39 is 10.2 Å². The van der Waals surface area contributed by atoms with Crippen LogP contribution in [-0.2, 0) is 15.0 Å². The van der Waals surface area contributed by atoms with Gasteiger partial charge in [0.05, 0.1) is 17.9 Å². The van der Waals surface area contributed by atoms with Crippen LogP contribution in [0.5, 0.6) is 5.75 Å². The quantitative estimate of drug-likeness (QED) is 0.764. The van der Waals surface area contributed by atoms with Crippen molar-refractivity contribution in [1.29, 1.82) is 0 Å². The fraction of sp³-hybridized carbons (Fsp3) is 0.556. The lowest BCUT2D eigenvalue weighted by Gasteiger charge is -2.33. The number of piperidine rings is 1. The van der Waals surface area contributed by atoms with Gasteiger partial charge < -0.3 is 15.4 Å². The number of carbonyl (C=O) groups is 1. The van der Waals surface area contributed by atoms with Crippen molar-refractivity contribution in [3.8, 4) is 5.75 Å². The van der Waals surface area contributed by atoms with E-state index in [4.69, 9.17) is 10.5 Å². The molecule has 8 nitrogen and oxygen atoms in total. The first-order chi connectivity index (χ1) is 12.9. The van der Waals surface area contributed by atoms with E-state index in [9.17, 15) is 13.2 Å². The fourth-order valence-electron chi connectivity index (χ4n) is 3.46. The molecule has 2 aliphatic rings. The maximum atomic E-state index is 12.3. The van der Waals surface area contributed by atoms with Crippen LogP contribution in [0.4, 0.5) is 5.69 Å². The number of carbonyl (C=O) groups excluding carboxylic acids is 1. The number of ether oxygens (including phenoxy) is 1. The number of benzene rings is 1. The van der Waals surface area contributed by atoms with Gasteiger partial charge in [-0.1, -0.05) is 19.4 Å². The number of nitrogens with two attached hydrogens (primary N) is 1. The number of amidine groups is 1. The lowest BCUT2D eigenvalue weighted by Crippen LogP contribution is -2.41. The Bertz CT molecular complexity index is 838. The maximum Gasteiger partial charge on any atom is 0.344 e. The summed E-state index contributed by atoms with van der Waals surface area (Å²) in [6, 6.07) is 5.07. The summed E-state index contributed by atoms with van der Waals surface area (Å²) in [5.74, 6) is 0.855. The molecule has 0 saturated carbocycles. The number of nitrogens with zero attached hydrogens (tertiary/aromatic N) is 2. The van der Waals surface area contributed by atoms with Gasteiger partial charge in [0.25, 0.3) is 0 Å². The second-order valence-electron chi connectivity index (χ2n) is 6.99. The largest absolute Gasteiger partial charge is 0.492 e. The molecule has 1 aromatic rings. The molecule has 148 valence electrons. The molecule has 2 heterocycles. The van der Waals surface area contributed by atoms with E-state index in [1.54, 1.807) is 18.2 Å². The molecule has 0 aliphatic carbocycles. The number of amides is 1. The molecule has 1 amide bonds. The molecule has 0 spiro atoms. The Morgan fingerprint density at radius 2 is 2.26 bits per heavy atom. The van der Waals surface area contributed by atoms with Crippen molar-refractivity contribution in [2.75, 3.05) is 24.4 Å². The van der Waals surface area contributed by atoms with Crippen LogP contribution in [0.15, 0.2) is 22.6 Å². The second kappa shape index (κ2) is 8.16. The molecule has 9 heteroatoms. The van der Waals surface area contributed by atoms with Crippen molar-refractivity contribution >= 4 is 27.6 Å². The van der Waals surface area contributed by atoms with Crippen molar-refractivity contribution in [3.63, 3.8) is 0 Å². The lowest BCUT2D eigenvalue weighted by atomic mass is 9.98. The van der Waals surface area contributed by atoms with Gasteiger partial charge in [0.15, 0.2) is 5.84 Å². The molecular formula is C18H26N4O4S. The molecule has 1 fully saturated rings. The molecule has 1 atom stereocenters. The monoisotopic (exact) mass is 394 g/mol. The Labute approximate surface area is 160 Å². The van der Waals surface area contributed by atoms with Gasteiger partial charge in [-0.05, 0) is 31.4 Å².